The van der Waals surface area contributed by atoms with Crippen LogP contribution in [0.1, 0.15) is 40.3 Å². The summed E-state index contributed by atoms with van der Waals surface area (Å²) >= 11 is 1.71. The predicted molar refractivity (Wildman–Crippen MR) is 109 cm³/mol. The predicted octanol–water partition coefficient (Wildman–Crippen LogP) is 3.30. The third-order valence-electron chi connectivity index (χ3n) is 4.71. The molecule has 0 bridgehead atoms. The summed E-state index contributed by atoms with van der Waals surface area (Å²) in [6.07, 6.45) is 5.94. The normalized spacial score (nSPS) is 15.8. The zero-order valence-electron chi connectivity index (χ0n) is 15.8. The second-order valence-corrected chi connectivity index (χ2v) is 8.07. The molecule has 2 aromatic rings. The van der Waals surface area contributed by atoms with Crippen LogP contribution in [0.25, 0.3) is 0 Å². The van der Waals surface area contributed by atoms with Gasteiger partial charge < -0.3 is 10.6 Å². The van der Waals surface area contributed by atoms with Gasteiger partial charge in [0.15, 0.2) is 5.96 Å². The van der Waals surface area contributed by atoms with Crippen molar-refractivity contribution in [1.29, 1.82) is 0 Å². The van der Waals surface area contributed by atoms with Crippen LogP contribution in [-0.4, -0.2) is 36.0 Å². The Balaban J connectivity index is 1.54. The number of hydrogen-bond donors (Lipinski definition) is 2. The van der Waals surface area contributed by atoms with Gasteiger partial charge in [0.2, 0.25) is 0 Å². The van der Waals surface area contributed by atoms with Crippen LogP contribution in [-0.2, 0) is 19.6 Å². The molecule has 1 aliphatic rings. The number of likely N-dealkylation sites (tertiary alicyclic amines) is 1. The zero-order chi connectivity index (χ0) is 18.2. The number of nitrogens with one attached hydrogen (secondary N) is 2. The number of benzene rings is 1. The molecule has 2 heterocycles. The first-order valence-electron chi connectivity index (χ1n) is 9.39. The molecule has 0 saturated carbocycles. The van der Waals surface area contributed by atoms with E-state index in [1.54, 1.807) is 11.3 Å². The Morgan fingerprint density at radius 2 is 1.85 bits per heavy atom. The summed E-state index contributed by atoms with van der Waals surface area (Å²) in [5, 5.41) is 7.86. The molecule has 2 N–H and O–H groups in total. The second-order valence-electron chi connectivity index (χ2n) is 6.75. The molecular formula is C20H29N5S. The van der Waals surface area contributed by atoms with Gasteiger partial charge in [0, 0.05) is 31.2 Å². The number of nitrogens with zero attached hydrogens (tertiary/aromatic N) is 3. The monoisotopic (exact) mass is 371 g/mol. The number of aromatic nitrogens is 1. The molecular weight excluding hydrogens is 342 g/mol. The molecule has 1 fully saturated rings. The highest BCUT2D eigenvalue weighted by Crippen LogP contribution is 2.16. The number of hydrogen-bond acceptors (Lipinski definition) is 4. The molecule has 1 aromatic carbocycles. The molecule has 0 radical (unpaired) electrons. The van der Waals surface area contributed by atoms with Crippen molar-refractivity contribution in [1.82, 2.24) is 20.5 Å². The van der Waals surface area contributed by atoms with E-state index in [0.29, 0.717) is 6.54 Å². The van der Waals surface area contributed by atoms with Crippen LogP contribution in [0.2, 0.25) is 0 Å². The third kappa shape index (κ3) is 5.54. The summed E-state index contributed by atoms with van der Waals surface area (Å²) in [4.78, 5) is 12.5. The first-order valence-corrected chi connectivity index (χ1v) is 10.2. The number of aryl methyl sites for hydroxylation is 1. The van der Waals surface area contributed by atoms with Gasteiger partial charge in [-0.15, -0.1) is 11.3 Å². The SMILES string of the molecule is CN=C(NCc1ncc(C)s1)NCc1ccccc1CN1CCCCC1. The first kappa shape index (κ1) is 18.9. The summed E-state index contributed by atoms with van der Waals surface area (Å²) in [7, 11) is 1.81. The fraction of sp³-hybridized carbons (Fsp3) is 0.500. The van der Waals surface area contributed by atoms with Crippen LogP contribution < -0.4 is 10.6 Å². The Morgan fingerprint density at radius 3 is 2.54 bits per heavy atom. The minimum Gasteiger partial charge on any atom is -0.352 e. The first-order chi connectivity index (χ1) is 12.7. The van der Waals surface area contributed by atoms with Crippen molar-refractivity contribution < 1.29 is 0 Å². The number of guanidine groups is 1. The zero-order valence-corrected chi connectivity index (χ0v) is 16.6. The molecule has 0 atom stereocenters. The van der Waals surface area contributed by atoms with Crippen molar-refractivity contribution in [2.45, 2.75) is 45.8 Å². The fourth-order valence-electron chi connectivity index (χ4n) is 3.28. The Morgan fingerprint density at radius 1 is 1.12 bits per heavy atom. The van der Waals surface area contributed by atoms with Gasteiger partial charge in [-0.2, -0.15) is 0 Å². The number of rotatable bonds is 6. The molecule has 26 heavy (non-hydrogen) atoms. The lowest BCUT2D eigenvalue weighted by molar-refractivity contribution is 0.220. The Bertz CT molecular complexity index is 718. The van der Waals surface area contributed by atoms with E-state index < -0.39 is 0 Å². The van der Waals surface area contributed by atoms with Crippen LogP contribution in [0.4, 0.5) is 0 Å². The fourth-order valence-corrected chi connectivity index (χ4v) is 4.01. The van der Waals surface area contributed by atoms with Crippen LogP contribution in [0.15, 0.2) is 35.5 Å². The van der Waals surface area contributed by atoms with Gasteiger partial charge in [0.05, 0.1) is 6.54 Å². The van der Waals surface area contributed by atoms with E-state index in [0.717, 1.165) is 24.1 Å². The molecule has 5 nitrogen and oxygen atoms in total. The van der Waals surface area contributed by atoms with Gasteiger partial charge >= 0.3 is 0 Å². The smallest absolute Gasteiger partial charge is 0.191 e. The maximum absolute atomic E-state index is 4.39. The van der Waals surface area contributed by atoms with E-state index in [4.69, 9.17) is 0 Å². The average Bonchev–Trinajstić information content (AvgIpc) is 3.09. The van der Waals surface area contributed by atoms with Gasteiger partial charge in [0.1, 0.15) is 5.01 Å². The average molecular weight is 372 g/mol. The Labute approximate surface area is 160 Å². The Hall–Kier alpha value is -1.92. The van der Waals surface area contributed by atoms with E-state index in [2.05, 4.69) is 56.7 Å². The van der Waals surface area contributed by atoms with Gasteiger partial charge in [-0.25, -0.2) is 4.98 Å². The minimum atomic E-state index is 0.702. The molecule has 0 spiro atoms. The molecule has 1 saturated heterocycles. The topological polar surface area (TPSA) is 52.6 Å². The van der Waals surface area contributed by atoms with Gasteiger partial charge in [-0.3, -0.25) is 9.89 Å². The van der Waals surface area contributed by atoms with E-state index in [-0.39, 0.29) is 0 Å². The van der Waals surface area contributed by atoms with Crippen LogP contribution >= 0.6 is 11.3 Å². The summed E-state index contributed by atoms with van der Waals surface area (Å²) in [5.74, 6) is 0.811. The lowest BCUT2D eigenvalue weighted by Gasteiger charge is -2.27. The van der Waals surface area contributed by atoms with E-state index in [1.165, 1.54) is 48.4 Å². The number of thiazole rings is 1. The molecule has 1 aliphatic heterocycles. The Kier molecular flexibility index (Phi) is 7.03. The van der Waals surface area contributed by atoms with Crippen molar-refractivity contribution >= 4 is 17.3 Å². The molecule has 3 rings (SSSR count). The van der Waals surface area contributed by atoms with E-state index in [9.17, 15) is 0 Å². The van der Waals surface area contributed by atoms with E-state index >= 15 is 0 Å². The van der Waals surface area contributed by atoms with Crippen molar-refractivity contribution in [2.75, 3.05) is 20.1 Å². The van der Waals surface area contributed by atoms with Crippen LogP contribution in [0.5, 0.6) is 0 Å². The van der Waals surface area contributed by atoms with Gasteiger partial charge in [-0.1, -0.05) is 30.7 Å². The lowest BCUT2D eigenvalue weighted by atomic mass is 10.0. The quantitative estimate of drug-likeness (QED) is 0.604. The highest BCUT2D eigenvalue weighted by atomic mass is 32.1. The summed E-state index contributed by atoms with van der Waals surface area (Å²) < 4.78 is 0. The highest BCUT2D eigenvalue weighted by molar-refractivity contribution is 7.11. The largest absolute Gasteiger partial charge is 0.352 e. The summed E-state index contributed by atoms with van der Waals surface area (Å²) in [6, 6.07) is 8.72. The number of aliphatic imine (C=N–C) groups is 1. The summed E-state index contributed by atoms with van der Waals surface area (Å²) in [5.41, 5.74) is 2.75. The highest BCUT2D eigenvalue weighted by Gasteiger charge is 2.12. The molecule has 6 heteroatoms. The van der Waals surface area contributed by atoms with Gasteiger partial charge in [0.25, 0.3) is 0 Å². The van der Waals surface area contributed by atoms with Crippen LogP contribution in [0.3, 0.4) is 0 Å². The van der Waals surface area contributed by atoms with E-state index in [1.807, 2.05) is 13.2 Å². The lowest BCUT2D eigenvalue weighted by Crippen LogP contribution is -2.36. The van der Waals surface area contributed by atoms with Crippen molar-refractivity contribution in [3.8, 4) is 0 Å². The molecule has 140 valence electrons. The molecule has 0 aliphatic carbocycles. The van der Waals surface area contributed by atoms with Gasteiger partial charge in [-0.05, 0) is 44.0 Å². The molecule has 0 unspecified atom stereocenters. The minimum absolute atomic E-state index is 0.702. The molecule has 0 amide bonds. The summed E-state index contributed by atoms with van der Waals surface area (Å²) in [6.45, 7) is 7.04. The van der Waals surface area contributed by atoms with Crippen LogP contribution in [0, 0.1) is 6.92 Å². The standard InChI is InChI=1S/C20H29N5S/c1-16-12-22-19(26-16)14-24-20(21-2)23-13-17-8-4-5-9-18(17)15-25-10-6-3-7-11-25/h4-5,8-9,12H,3,6-7,10-11,13-15H2,1-2H3,(H2,21,23,24). The third-order valence-corrected chi connectivity index (χ3v) is 5.62. The van der Waals surface area contributed by atoms with Crippen molar-refractivity contribution in [2.24, 2.45) is 4.99 Å². The second kappa shape index (κ2) is 9.69. The maximum atomic E-state index is 4.39. The molecule has 1 aromatic heterocycles. The number of piperidine rings is 1. The maximum Gasteiger partial charge on any atom is 0.191 e. The van der Waals surface area contributed by atoms with Crippen molar-refractivity contribution in [3.05, 3.63) is 51.5 Å². The van der Waals surface area contributed by atoms with Crippen molar-refractivity contribution in [3.63, 3.8) is 0 Å².